The molecule has 1 aromatic rings. The Morgan fingerprint density at radius 3 is 2.63 bits per heavy atom. The van der Waals surface area contributed by atoms with Crippen molar-refractivity contribution in [1.29, 1.82) is 0 Å². The van der Waals surface area contributed by atoms with Crippen LogP contribution in [0.3, 0.4) is 0 Å². The van der Waals surface area contributed by atoms with Crippen molar-refractivity contribution in [2.45, 2.75) is 57.5 Å². The largest absolute Gasteiger partial charge is 0.451 e. The van der Waals surface area contributed by atoms with E-state index in [1.54, 1.807) is 0 Å². The van der Waals surface area contributed by atoms with Crippen molar-refractivity contribution in [2.24, 2.45) is 5.92 Å². The average molecular weight is 403 g/mol. The van der Waals surface area contributed by atoms with Crippen molar-refractivity contribution >= 4 is 23.2 Å². The first-order valence-electron chi connectivity index (χ1n) is 9.48. The van der Waals surface area contributed by atoms with Gasteiger partial charge in [-0.25, -0.2) is 4.79 Å². The number of fused-ring (bicyclic) bond motifs is 1. The zero-order chi connectivity index (χ0) is 19.4. The number of carbonyl (C=O) groups excluding carboxylic acids is 2. The van der Waals surface area contributed by atoms with E-state index in [0.29, 0.717) is 11.3 Å². The highest BCUT2D eigenvalue weighted by Crippen LogP contribution is 2.33. The van der Waals surface area contributed by atoms with Crippen LogP contribution in [0.5, 0.6) is 0 Å². The van der Waals surface area contributed by atoms with Gasteiger partial charge in [0.05, 0.1) is 5.92 Å². The van der Waals surface area contributed by atoms with Crippen LogP contribution in [0.25, 0.3) is 0 Å². The molecular weight excluding hydrogens is 379 g/mol. The Kier molecular flexibility index (Phi) is 6.44. The molecule has 1 fully saturated rings. The molecule has 2 heterocycles. The van der Waals surface area contributed by atoms with E-state index >= 15 is 0 Å². The van der Waals surface area contributed by atoms with Crippen LogP contribution in [-0.2, 0) is 22.4 Å². The lowest BCUT2D eigenvalue weighted by molar-refractivity contribution is -0.188. The molecule has 27 heavy (non-hydrogen) atoms. The molecule has 150 valence electrons. The molecule has 0 spiro atoms. The fourth-order valence-electron chi connectivity index (χ4n) is 3.71. The van der Waals surface area contributed by atoms with Crippen molar-refractivity contribution in [2.75, 3.05) is 19.7 Å². The normalized spacial score (nSPS) is 21.1. The maximum Gasteiger partial charge on any atom is 0.393 e. The Labute approximate surface area is 160 Å². The van der Waals surface area contributed by atoms with Gasteiger partial charge in [-0.15, -0.1) is 11.3 Å². The van der Waals surface area contributed by atoms with Crippen molar-refractivity contribution in [3.05, 3.63) is 21.4 Å². The average Bonchev–Trinajstić information content (AvgIpc) is 3.01. The summed E-state index contributed by atoms with van der Waals surface area (Å²) in [6.45, 7) is -0.588. The van der Waals surface area contributed by atoms with Crippen molar-refractivity contribution in [3.8, 4) is 0 Å². The lowest BCUT2D eigenvalue weighted by atomic mass is 9.97. The summed E-state index contributed by atoms with van der Waals surface area (Å²) < 4.78 is 43.7. The summed E-state index contributed by atoms with van der Waals surface area (Å²) in [7, 11) is 0. The van der Waals surface area contributed by atoms with Crippen molar-refractivity contribution in [3.63, 3.8) is 0 Å². The SMILES string of the molecule is O=C(OCC(=O)N1CCCC(C(F)(F)F)C1)c1cc2c(s1)CCCCCC2. The number of esters is 1. The molecular formula is C19H24F3NO3S. The highest BCUT2D eigenvalue weighted by molar-refractivity contribution is 7.14. The minimum absolute atomic E-state index is 0.0355. The topological polar surface area (TPSA) is 46.6 Å². The second-order valence-electron chi connectivity index (χ2n) is 7.27. The number of piperidine rings is 1. The third-order valence-corrected chi connectivity index (χ3v) is 6.48. The number of aryl methyl sites for hydroxylation is 2. The Balaban J connectivity index is 1.54. The van der Waals surface area contributed by atoms with Gasteiger partial charge in [-0.05, 0) is 50.2 Å². The van der Waals surface area contributed by atoms with Gasteiger partial charge in [0.1, 0.15) is 4.88 Å². The van der Waals surface area contributed by atoms with Crippen LogP contribution >= 0.6 is 11.3 Å². The Morgan fingerprint density at radius 1 is 1.15 bits per heavy atom. The van der Waals surface area contributed by atoms with Gasteiger partial charge in [0, 0.05) is 18.0 Å². The molecule has 4 nitrogen and oxygen atoms in total. The minimum atomic E-state index is -4.30. The Morgan fingerprint density at radius 2 is 1.89 bits per heavy atom. The molecule has 2 aliphatic rings. The standard InChI is InChI=1S/C19H24F3NO3S/c20-19(21,22)14-7-5-9-23(11-14)17(24)12-26-18(25)16-10-13-6-3-1-2-4-8-15(13)27-16/h10,14H,1-9,11-12H2. The summed E-state index contributed by atoms with van der Waals surface area (Å²) in [6.07, 6.45) is 2.54. The Hall–Kier alpha value is -1.57. The first-order valence-corrected chi connectivity index (χ1v) is 10.3. The lowest BCUT2D eigenvalue weighted by Crippen LogP contribution is -2.46. The van der Waals surface area contributed by atoms with Crippen LogP contribution in [0, 0.1) is 5.92 Å². The molecule has 1 aromatic heterocycles. The van der Waals surface area contributed by atoms with Crippen LogP contribution in [0.4, 0.5) is 13.2 Å². The van der Waals surface area contributed by atoms with E-state index < -0.39 is 30.6 Å². The number of likely N-dealkylation sites (tertiary alicyclic amines) is 1. The number of hydrogen-bond acceptors (Lipinski definition) is 4. The van der Waals surface area contributed by atoms with Gasteiger partial charge in [-0.2, -0.15) is 13.2 Å². The summed E-state index contributed by atoms with van der Waals surface area (Å²) in [5, 5.41) is 0. The summed E-state index contributed by atoms with van der Waals surface area (Å²) >= 11 is 1.41. The van der Waals surface area contributed by atoms with Gasteiger partial charge >= 0.3 is 12.1 Å². The van der Waals surface area contributed by atoms with Gasteiger partial charge < -0.3 is 9.64 Å². The third-order valence-electron chi connectivity index (χ3n) is 5.26. The minimum Gasteiger partial charge on any atom is -0.451 e. The maximum atomic E-state index is 12.9. The summed E-state index contributed by atoms with van der Waals surface area (Å²) in [6, 6.07) is 1.85. The maximum absolute atomic E-state index is 12.9. The second kappa shape index (κ2) is 8.63. The molecule has 0 radical (unpaired) electrons. The number of carbonyl (C=O) groups is 2. The number of amides is 1. The highest BCUT2D eigenvalue weighted by Gasteiger charge is 2.42. The van der Waals surface area contributed by atoms with Crippen LogP contribution in [0.2, 0.25) is 0 Å². The number of thiophene rings is 1. The molecule has 1 saturated heterocycles. The smallest absolute Gasteiger partial charge is 0.393 e. The summed E-state index contributed by atoms with van der Waals surface area (Å²) in [5.41, 5.74) is 1.18. The molecule has 1 aliphatic carbocycles. The molecule has 0 saturated carbocycles. The molecule has 1 amide bonds. The molecule has 1 unspecified atom stereocenters. The van der Waals surface area contributed by atoms with Gasteiger partial charge in [0.15, 0.2) is 6.61 Å². The molecule has 0 bridgehead atoms. The lowest BCUT2D eigenvalue weighted by Gasteiger charge is -2.33. The predicted molar refractivity (Wildman–Crippen MR) is 95.8 cm³/mol. The van der Waals surface area contributed by atoms with Gasteiger partial charge in [0.25, 0.3) is 5.91 Å². The first kappa shape index (κ1) is 20.2. The van der Waals surface area contributed by atoms with Crippen LogP contribution in [0.15, 0.2) is 6.07 Å². The van der Waals surface area contributed by atoms with Gasteiger partial charge in [-0.3, -0.25) is 4.79 Å². The molecule has 0 N–H and O–H groups in total. The fourth-order valence-corrected chi connectivity index (χ4v) is 4.85. The number of ether oxygens (including phenoxy) is 1. The van der Waals surface area contributed by atoms with E-state index in [1.807, 2.05) is 6.07 Å². The number of hydrogen-bond donors (Lipinski definition) is 0. The number of rotatable bonds is 3. The van der Waals surface area contributed by atoms with E-state index in [4.69, 9.17) is 4.74 Å². The molecule has 8 heteroatoms. The van der Waals surface area contributed by atoms with Crippen LogP contribution < -0.4 is 0 Å². The zero-order valence-corrected chi connectivity index (χ0v) is 16.0. The highest BCUT2D eigenvalue weighted by atomic mass is 32.1. The second-order valence-corrected chi connectivity index (χ2v) is 8.41. The van der Waals surface area contributed by atoms with Crippen molar-refractivity contribution < 1.29 is 27.5 Å². The van der Waals surface area contributed by atoms with E-state index in [1.165, 1.54) is 34.6 Å². The van der Waals surface area contributed by atoms with E-state index in [-0.39, 0.29) is 19.5 Å². The predicted octanol–water partition coefficient (Wildman–Crippen LogP) is 4.36. The first-order chi connectivity index (χ1) is 12.8. The van der Waals surface area contributed by atoms with Crippen LogP contribution in [-0.4, -0.2) is 42.6 Å². The van der Waals surface area contributed by atoms with Gasteiger partial charge in [-0.1, -0.05) is 12.8 Å². The zero-order valence-electron chi connectivity index (χ0n) is 15.1. The van der Waals surface area contributed by atoms with E-state index in [9.17, 15) is 22.8 Å². The van der Waals surface area contributed by atoms with Gasteiger partial charge in [0.2, 0.25) is 0 Å². The fraction of sp³-hybridized carbons (Fsp3) is 0.684. The van der Waals surface area contributed by atoms with E-state index in [0.717, 1.165) is 30.6 Å². The molecule has 1 atom stereocenters. The molecule has 1 aliphatic heterocycles. The van der Waals surface area contributed by atoms with Crippen molar-refractivity contribution in [1.82, 2.24) is 4.90 Å². The summed E-state index contributed by atoms with van der Waals surface area (Å²) in [4.78, 5) is 27.3. The molecule has 0 aromatic carbocycles. The summed E-state index contributed by atoms with van der Waals surface area (Å²) in [5.74, 6) is -2.63. The van der Waals surface area contributed by atoms with Crippen LogP contribution in [0.1, 0.15) is 58.6 Å². The third kappa shape index (κ3) is 5.24. The Bertz CT molecular complexity index is 661. The van der Waals surface area contributed by atoms with E-state index in [2.05, 4.69) is 0 Å². The number of halogens is 3. The molecule has 3 rings (SSSR count). The quantitative estimate of drug-likeness (QED) is 0.705. The number of alkyl halides is 3. The monoisotopic (exact) mass is 403 g/mol. The number of nitrogens with zero attached hydrogens (tertiary/aromatic N) is 1.